The Morgan fingerprint density at radius 1 is 1.23 bits per heavy atom. The average Bonchev–Trinajstić information content (AvgIpc) is 2.94. The number of ether oxygens (including phenoxy) is 1. The Morgan fingerprint density at radius 2 is 1.96 bits per heavy atom. The van der Waals surface area contributed by atoms with Crippen LogP contribution in [0.4, 0.5) is 0 Å². The number of hydrogen-bond acceptors (Lipinski definition) is 4. The maximum atomic E-state index is 12.0. The van der Waals surface area contributed by atoms with Gasteiger partial charge in [-0.05, 0) is 41.6 Å². The lowest BCUT2D eigenvalue weighted by molar-refractivity contribution is -0.117. The van der Waals surface area contributed by atoms with Gasteiger partial charge in [0.1, 0.15) is 12.4 Å². The summed E-state index contributed by atoms with van der Waals surface area (Å²) in [6, 6.07) is 14.8. The molecule has 5 nitrogen and oxygen atoms in total. The molecule has 1 N–H and O–H groups in total. The van der Waals surface area contributed by atoms with Gasteiger partial charge in [-0.2, -0.15) is 4.99 Å². The van der Waals surface area contributed by atoms with Crippen LogP contribution in [0.1, 0.15) is 18.1 Å². The monoisotopic (exact) mass is 386 g/mol. The van der Waals surface area contributed by atoms with E-state index in [2.05, 4.69) is 10.3 Å². The summed E-state index contributed by atoms with van der Waals surface area (Å²) < 4.78 is 5.88. The normalized spacial score (nSPS) is 15.1. The van der Waals surface area contributed by atoms with Crippen molar-refractivity contribution in [3.63, 3.8) is 0 Å². The van der Waals surface area contributed by atoms with Crippen molar-refractivity contribution in [2.45, 2.75) is 13.5 Å². The highest BCUT2D eigenvalue weighted by Gasteiger charge is 2.22. The van der Waals surface area contributed by atoms with Crippen molar-refractivity contribution < 1.29 is 14.3 Å². The molecule has 1 aliphatic heterocycles. The Labute approximate surface area is 160 Å². The van der Waals surface area contributed by atoms with E-state index in [9.17, 15) is 9.59 Å². The second-order valence-electron chi connectivity index (χ2n) is 5.47. The Balaban J connectivity index is 1.74. The smallest absolute Gasteiger partial charge is 0.286 e. The van der Waals surface area contributed by atoms with E-state index in [-0.39, 0.29) is 17.0 Å². The molecule has 0 aromatic heterocycles. The fourth-order valence-electron chi connectivity index (χ4n) is 2.23. The first-order valence-electron chi connectivity index (χ1n) is 7.78. The van der Waals surface area contributed by atoms with Gasteiger partial charge < -0.3 is 10.1 Å². The van der Waals surface area contributed by atoms with E-state index in [1.807, 2.05) is 48.5 Å². The number of carbonyl (C=O) groups excluding carboxylic acids is 2. The summed E-state index contributed by atoms with van der Waals surface area (Å²) in [6.07, 6.45) is 1.71. The number of thioether (sulfide) groups is 1. The highest BCUT2D eigenvalue weighted by molar-refractivity contribution is 8.18. The SMILES string of the molecule is CC(=O)NC1=NC(=O)/C(=C\c2ccccc2OCc2ccc(Cl)cc2)S1. The highest BCUT2D eigenvalue weighted by atomic mass is 35.5. The third-order valence-electron chi connectivity index (χ3n) is 3.42. The molecule has 0 unspecified atom stereocenters. The zero-order valence-corrected chi connectivity index (χ0v) is 15.4. The van der Waals surface area contributed by atoms with Gasteiger partial charge in [-0.3, -0.25) is 9.59 Å². The second kappa shape index (κ2) is 8.21. The van der Waals surface area contributed by atoms with Gasteiger partial charge in [0, 0.05) is 17.5 Å². The Bertz CT molecular complexity index is 907. The number of amides is 2. The summed E-state index contributed by atoms with van der Waals surface area (Å²) >= 11 is 7.01. The summed E-state index contributed by atoms with van der Waals surface area (Å²) in [4.78, 5) is 27.4. The lowest BCUT2D eigenvalue weighted by Gasteiger charge is -2.10. The number of carbonyl (C=O) groups is 2. The molecule has 0 aliphatic carbocycles. The summed E-state index contributed by atoms with van der Waals surface area (Å²) in [6.45, 7) is 1.75. The van der Waals surface area contributed by atoms with Gasteiger partial charge in [0.15, 0.2) is 5.17 Å². The molecule has 0 spiro atoms. The molecular formula is C19H15ClN2O3S. The zero-order chi connectivity index (χ0) is 18.5. The second-order valence-corrected chi connectivity index (χ2v) is 6.93. The van der Waals surface area contributed by atoms with Crippen LogP contribution >= 0.6 is 23.4 Å². The Hall–Kier alpha value is -2.57. The predicted molar refractivity (Wildman–Crippen MR) is 104 cm³/mol. The molecule has 1 heterocycles. The van der Waals surface area contributed by atoms with Crippen molar-refractivity contribution in [3.8, 4) is 5.75 Å². The molecule has 0 radical (unpaired) electrons. The number of hydrogen-bond donors (Lipinski definition) is 1. The van der Waals surface area contributed by atoms with Crippen LogP contribution in [0.15, 0.2) is 58.4 Å². The van der Waals surface area contributed by atoms with Crippen molar-refractivity contribution in [1.29, 1.82) is 0 Å². The Kier molecular flexibility index (Phi) is 5.75. The Morgan fingerprint density at radius 3 is 2.69 bits per heavy atom. The molecule has 2 amide bonds. The van der Waals surface area contributed by atoms with Crippen LogP contribution in [-0.2, 0) is 16.2 Å². The summed E-state index contributed by atoms with van der Waals surface area (Å²) in [7, 11) is 0. The number of amidine groups is 1. The molecular weight excluding hydrogens is 372 g/mol. The van der Waals surface area contributed by atoms with Gasteiger partial charge in [0.2, 0.25) is 5.91 Å². The molecule has 3 rings (SSSR count). The van der Waals surface area contributed by atoms with Crippen molar-refractivity contribution in [2.24, 2.45) is 4.99 Å². The molecule has 1 aliphatic rings. The molecule has 0 bridgehead atoms. The highest BCUT2D eigenvalue weighted by Crippen LogP contribution is 2.30. The van der Waals surface area contributed by atoms with Gasteiger partial charge in [-0.25, -0.2) is 0 Å². The van der Waals surface area contributed by atoms with E-state index < -0.39 is 0 Å². The van der Waals surface area contributed by atoms with E-state index in [1.165, 1.54) is 6.92 Å². The van der Waals surface area contributed by atoms with Crippen molar-refractivity contribution >= 4 is 46.4 Å². The fraction of sp³-hybridized carbons (Fsp3) is 0.105. The predicted octanol–water partition coefficient (Wildman–Crippen LogP) is 4.03. The number of para-hydroxylation sites is 1. The van der Waals surface area contributed by atoms with E-state index >= 15 is 0 Å². The quantitative estimate of drug-likeness (QED) is 0.805. The lowest BCUT2D eigenvalue weighted by Crippen LogP contribution is -2.23. The number of aliphatic imine (C=N–C) groups is 1. The maximum Gasteiger partial charge on any atom is 0.286 e. The molecule has 0 fully saturated rings. The minimum atomic E-state index is -0.383. The van der Waals surface area contributed by atoms with Crippen molar-refractivity contribution in [2.75, 3.05) is 0 Å². The minimum Gasteiger partial charge on any atom is -0.488 e. The topological polar surface area (TPSA) is 67.8 Å². The molecule has 0 saturated heterocycles. The molecule has 132 valence electrons. The van der Waals surface area contributed by atoms with Crippen LogP contribution < -0.4 is 10.1 Å². The standard InChI is InChI=1S/C19H15ClN2O3S/c1-12(23)21-19-22-18(24)17(26-19)10-14-4-2-3-5-16(14)25-11-13-6-8-15(20)9-7-13/h2-10H,11H2,1H3,(H,21,22,23,24)/b17-10+. The molecule has 2 aromatic rings. The molecule has 7 heteroatoms. The van der Waals surface area contributed by atoms with Crippen LogP contribution in [0.5, 0.6) is 5.75 Å². The maximum absolute atomic E-state index is 12.0. The number of nitrogens with zero attached hydrogens (tertiary/aromatic N) is 1. The number of halogens is 1. The van der Waals surface area contributed by atoms with Crippen LogP contribution in [0.3, 0.4) is 0 Å². The van der Waals surface area contributed by atoms with Crippen molar-refractivity contribution in [3.05, 3.63) is 69.6 Å². The molecule has 2 aromatic carbocycles. The number of rotatable bonds is 4. The van der Waals surface area contributed by atoms with E-state index in [0.717, 1.165) is 22.9 Å². The van der Waals surface area contributed by atoms with Gasteiger partial charge >= 0.3 is 0 Å². The largest absolute Gasteiger partial charge is 0.488 e. The first-order valence-corrected chi connectivity index (χ1v) is 8.97. The lowest BCUT2D eigenvalue weighted by atomic mass is 10.2. The van der Waals surface area contributed by atoms with Gasteiger partial charge in [0.05, 0.1) is 4.91 Å². The van der Waals surface area contributed by atoms with Crippen LogP contribution in [0.2, 0.25) is 5.02 Å². The molecule has 0 saturated carbocycles. The van der Waals surface area contributed by atoms with Crippen molar-refractivity contribution in [1.82, 2.24) is 5.32 Å². The van der Waals surface area contributed by atoms with Gasteiger partial charge in [0.25, 0.3) is 5.91 Å². The average molecular weight is 387 g/mol. The third-order valence-corrected chi connectivity index (χ3v) is 4.57. The summed E-state index contributed by atoms with van der Waals surface area (Å²) in [5.41, 5.74) is 1.75. The first-order chi connectivity index (χ1) is 12.5. The summed E-state index contributed by atoms with van der Waals surface area (Å²) in [5, 5.41) is 3.48. The van der Waals surface area contributed by atoms with E-state index in [4.69, 9.17) is 16.3 Å². The van der Waals surface area contributed by atoms with Crippen LogP contribution in [-0.4, -0.2) is 17.0 Å². The molecule has 26 heavy (non-hydrogen) atoms. The van der Waals surface area contributed by atoms with Gasteiger partial charge in [-0.15, -0.1) is 0 Å². The first kappa shape index (κ1) is 18.2. The number of nitrogens with one attached hydrogen (secondary N) is 1. The zero-order valence-electron chi connectivity index (χ0n) is 13.9. The van der Waals surface area contributed by atoms with Crippen LogP contribution in [0.25, 0.3) is 6.08 Å². The minimum absolute atomic E-state index is 0.267. The van der Waals surface area contributed by atoms with E-state index in [1.54, 1.807) is 6.08 Å². The molecule has 0 atom stereocenters. The van der Waals surface area contributed by atoms with E-state index in [0.29, 0.717) is 22.3 Å². The third kappa shape index (κ3) is 4.74. The van der Waals surface area contributed by atoms with Gasteiger partial charge in [-0.1, -0.05) is 41.9 Å². The number of benzene rings is 2. The fourth-order valence-corrected chi connectivity index (χ4v) is 3.20. The van der Waals surface area contributed by atoms with Crippen LogP contribution in [0, 0.1) is 0 Å². The summed E-state index contributed by atoms with van der Waals surface area (Å²) in [5.74, 6) is -0.000389.